The predicted molar refractivity (Wildman–Crippen MR) is 89.6 cm³/mol. The van der Waals surface area contributed by atoms with Crippen LogP contribution in [0, 0.1) is 0 Å². The zero-order valence-electron chi connectivity index (χ0n) is 11.6. The molecule has 0 unspecified atom stereocenters. The van der Waals surface area contributed by atoms with Gasteiger partial charge in [-0.05, 0) is 45.1 Å². The fraction of sp³-hybridized carbons (Fsp3) is 0.286. The van der Waals surface area contributed by atoms with Crippen molar-refractivity contribution >= 4 is 37.3 Å². The smallest absolute Gasteiger partial charge is 0.244 e. The van der Waals surface area contributed by atoms with E-state index < -0.39 is 10.0 Å². The summed E-state index contributed by atoms with van der Waals surface area (Å²) >= 11 is 4.89. The Balaban J connectivity index is 2.35. The van der Waals surface area contributed by atoms with Gasteiger partial charge in [-0.15, -0.1) is 11.3 Å². The maximum absolute atomic E-state index is 12.8. The molecular formula is C14H17BrN2O2S2. The Kier molecular flexibility index (Phi) is 5.56. The third-order valence-electron chi connectivity index (χ3n) is 3.11. The molecule has 0 bridgehead atoms. The van der Waals surface area contributed by atoms with E-state index in [2.05, 4.69) is 15.9 Å². The standard InChI is InChI=1S/C14H17BrN2O2S2/c1-2-17(10-12-4-3-7-20-12)21(18,19)14-6-5-11(9-16)8-13(14)15/h3-8H,2,9-10,16H2,1H3. The summed E-state index contributed by atoms with van der Waals surface area (Å²) in [4.78, 5) is 1.30. The van der Waals surface area contributed by atoms with Crippen LogP contribution >= 0.6 is 27.3 Å². The van der Waals surface area contributed by atoms with Gasteiger partial charge in [0.05, 0.1) is 4.90 Å². The second-order valence-corrected chi connectivity index (χ2v) is 8.27. The molecule has 2 aromatic rings. The van der Waals surface area contributed by atoms with E-state index in [1.807, 2.05) is 24.4 Å². The largest absolute Gasteiger partial charge is 0.326 e. The van der Waals surface area contributed by atoms with Crippen LogP contribution < -0.4 is 5.73 Å². The van der Waals surface area contributed by atoms with Crippen molar-refractivity contribution in [2.45, 2.75) is 24.9 Å². The monoisotopic (exact) mass is 388 g/mol. The highest BCUT2D eigenvalue weighted by Crippen LogP contribution is 2.27. The SMILES string of the molecule is CCN(Cc1cccs1)S(=O)(=O)c1ccc(CN)cc1Br. The second-order valence-electron chi connectivity index (χ2n) is 4.48. The normalized spacial score (nSPS) is 12.0. The van der Waals surface area contributed by atoms with Gasteiger partial charge in [0.15, 0.2) is 0 Å². The lowest BCUT2D eigenvalue weighted by Gasteiger charge is -2.20. The van der Waals surface area contributed by atoms with Crippen LogP contribution in [0.4, 0.5) is 0 Å². The van der Waals surface area contributed by atoms with Gasteiger partial charge in [-0.1, -0.05) is 19.1 Å². The Morgan fingerprint density at radius 1 is 1.33 bits per heavy atom. The van der Waals surface area contributed by atoms with Gasteiger partial charge < -0.3 is 5.73 Å². The van der Waals surface area contributed by atoms with E-state index >= 15 is 0 Å². The number of hydrogen-bond donors (Lipinski definition) is 1. The number of benzene rings is 1. The number of nitrogens with two attached hydrogens (primary N) is 1. The van der Waals surface area contributed by atoms with Gasteiger partial charge in [0, 0.05) is 29.0 Å². The Morgan fingerprint density at radius 3 is 2.62 bits per heavy atom. The van der Waals surface area contributed by atoms with Crippen molar-refractivity contribution in [1.29, 1.82) is 0 Å². The van der Waals surface area contributed by atoms with Crippen LogP contribution in [0.5, 0.6) is 0 Å². The summed E-state index contributed by atoms with van der Waals surface area (Å²) < 4.78 is 27.6. The van der Waals surface area contributed by atoms with Crippen molar-refractivity contribution in [3.63, 3.8) is 0 Å². The molecule has 1 aromatic heterocycles. The highest BCUT2D eigenvalue weighted by atomic mass is 79.9. The van der Waals surface area contributed by atoms with Crippen molar-refractivity contribution < 1.29 is 8.42 Å². The molecule has 0 aliphatic heterocycles. The predicted octanol–water partition coefficient (Wildman–Crippen LogP) is 3.18. The summed E-state index contributed by atoms with van der Waals surface area (Å²) in [5.74, 6) is 0. The molecule has 0 aliphatic rings. The zero-order chi connectivity index (χ0) is 15.5. The van der Waals surface area contributed by atoms with Gasteiger partial charge in [0.25, 0.3) is 0 Å². The van der Waals surface area contributed by atoms with E-state index in [1.54, 1.807) is 29.5 Å². The van der Waals surface area contributed by atoms with Gasteiger partial charge in [-0.25, -0.2) is 8.42 Å². The molecule has 0 spiro atoms. The molecule has 0 atom stereocenters. The summed E-state index contributed by atoms with van der Waals surface area (Å²) in [6, 6.07) is 8.98. The lowest BCUT2D eigenvalue weighted by molar-refractivity contribution is 0.426. The van der Waals surface area contributed by atoms with Crippen molar-refractivity contribution in [3.05, 3.63) is 50.6 Å². The van der Waals surface area contributed by atoms with Crippen LogP contribution in [0.15, 0.2) is 45.1 Å². The first-order valence-electron chi connectivity index (χ1n) is 6.50. The van der Waals surface area contributed by atoms with Gasteiger partial charge in [-0.2, -0.15) is 4.31 Å². The first-order valence-corrected chi connectivity index (χ1v) is 9.61. The summed E-state index contributed by atoms with van der Waals surface area (Å²) in [5, 5.41) is 1.95. The van der Waals surface area contributed by atoms with Crippen LogP contribution in [0.3, 0.4) is 0 Å². The summed E-state index contributed by atoms with van der Waals surface area (Å²) in [6.45, 7) is 3.03. The number of sulfonamides is 1. The second kappa shape index (κ2) is 7.02. The number of rotatable bonds is 6. The van der Waals surface area contributed by atoms with Gasteiger partial charge in [-0.3, -0.25) is 0 Å². The Labute approximate surface area is 137 Å². The van der Waals surface area contributed by atoms with Gasteiger partial charge in [0.1, 0.15) is 0 Å². The molecule has 7 heteroatoms. The lowest BCUT2D eigenvalue weighted by atomic mass is 10.2. The number of hydrogen-bond acceptors (Lipinski definition) is 4. The third kappa shape index (κ3) is 3.73. The molecule has 2 N–H and O–H groups in total. The molecule has 0 amide bonds. The van der Waals surface area contributed by atoms with E-state index in [4.69, 9.17) is 5.73 Å². The average molecular weight is 389 g/mol. The molecule has 1 heterocycles. The fourth-order valence-electron chi connectivity index (χ4n) is 1.96. The quantitative estimate of drug-likeness (QED) is 0.826. The Hall–Kier alpha value is -0.730. The van der Waals surface area contributed by atoms with E-state index in [-0.39, 0.29) is 4.90 Å². The summed E-state index contributed by atoms with van der Waals surface area (Å²) in [7, 11) is -3.53. The van der Waals surface area contributed by atoms with Gasteiger partial charge in [0.2, 0.25) is 10.0 Å². The molecule has 0 aliphatic carbocycles. The molecule has 0 radical (unpaired) electrons. The van der Waals surface area contributed by atoms with Crippen molar-refractivity contribution in [2.24, 2.45) is 5.73 Å². The van der Waals surface area contributed by atoms with E-state index in [0.29, 0.717) is 24.1 Å². The van der Waals surface area contributed by atoms with Crippen LogP contribution in [0.1, 0.15) is 17.4 Å². The molecule has 2 rings (SSSR count). The highest BCUT2D eigenvalue weighted by Gasteiger charge is 2.25. The average Bonchev–Trinajstić information content (AvgIpc) is 2.97. The van der Waals surface area contributed by atoms with Crippen LogP contribution in [0.25, 0.3) is 0 Å². The van der Waals surface area contributed by atoms with Crippen molar-refractivity contribution in [2.75, 3.05) is 6.54 Å². The molecule has 0 fully saturated rings. The maximum atomic E-state index is 12.8. The Bertz CT molecular complexity index is 700. The van der Waals surface area contributed by atoms with Crippen LogP contribution in [-0.2, 0) is 23.1 Å². The van der Waals surface area contributed by atoms with Crippen molar-refractivity contribution in [1.82, 2.24) is 4.31 Å². The summed E-state index contributed by atoms with van der Waals surface area (Å²) in [5.41, 5.74) is 6.47. The van der Waals surface area contributed by atoms with Gasteiger partial charge >= 0.3 is 0 Å². The molecule has 21 heavy (non-hydrogen) atoms. The van der Waals surface area contributed by atoms with E-state index in [1.165, 1.54) is 4.31 Å². The van der Waals surface area contributed by atoms with Crippen LogP contribution in [0.2, 0.25) is 0 Å². The third-order valence-corrected chi connectivity index (χ3v) is 6.87. The molecule has 0 saturated heterocycles. The molecule has 0 saturated carbocycles. The minimum absolute atomic E-state index is 0.276. The number of halogens is 1. The topological polar surface area (TPSA) is 63.4 Å². The van der Waals surface area contributed by atoms with E-state index in [9.17, 15) is 8.42 Å². The molecule has 4 nitrogen and oxygen atoms in total. The van der Waals surface area contributed by atoms with Crippen LogP contribution in [-0.4, -0.2) is 19.3 Å². The van der Waals surface area contributed by atoms with Crippen molar-refractivity contribution in [3.8, 4) is 0 Å². The first kappa shape index (κ1) is 16.6. The number of nitrogens with zero attached hydrogens (tertiary/aromatic N) is 1. The maximum Gasteiger partial charge on any atom is 0.244 e. The minimum atomic E-state index is -3.53. The number of thiophene rings is 1. The molecular weight excluding hydrogens is 372 g/mol. The summed E-state index contributed by atoms with van der Waals surface area (Å²) in [6.07, 6.45) is 0. The minimum Gasteiger partial charge on any atom is -0.326 e. The fourth-order valence-corrected chi connectivity index (χ4v) is 5.28. The molecule has 1 aromatic carbocycles. The first-order chi connectivity index (χ1) is 9.98. The van der Waals surface area contributed by atoms with E-state index in [0.717, 1.165) is 10.4 Å². The highest BCUT2D eigenvalue weighted by molar-refractivity contribution is 9.10. The molecule has 114 valence electrons. The zero-order valence-corrected chi connectivity index (χ0v) is 14.8. The lowest BCUT2D eigenvalue weighted by Crippen LogP contribution is -2.30. The Morgan fingerprint density at radius 2 is 2.10 bits per heavy atom.